The molecule has 0 aliphatic carbocycles. The van der Waals surface area contributed by atoms with Crippen LogP contribution in [0.1, 0.15) is 44.2 Å². The molecule has 0 saturated carbocycles. The number of carbonyl (C=O) groups excluding carboxylic acids is 1. The normalized spacial score (nSPS) is 17.5. The highest BCUT2D eigenvalue weighted by Gasteiger charge is 2.41. The molecule has 0 spiro atoms. The maximum absolute atomic E-state index is 13.0. The van der Waals surface area contributed by atoms with Crippen LogP contribution in [0.2, 0.25) is 0 Å². The number of likely N-dealkylation sites (tertiary alicyclic amines) is 1. The van der Waals surface area contributed by atoms with E-state index in [4.69, 9.17) is 6.57 Å². The Hall–Kier alpha value is -1.86. The summed E-state index contributed by atoms with van der Waals surface area (Å²) < 4.78 is 0.917. The summed E-state index contributed by atoms with van der Waals surface area (Å²) in [7, 11) is 0. The van der Waals surface area contributed by atoms with Crippen LogP contribution in [-0.4, -0.2) is 36.1 Å². The lowest BCUT2D eigenvalue weighted by molar-refractivity contribution is -0.930. The first-order valence-corrected chi connectivity index (χ1v) is 8.62. The zero-order chi connectivity index (χ0) is 17.0. The molecule has 0 radical (unpaired) electrons. The number of amides is 1. The van der Waals surface area contributed by atoms with E-state index >= 15 is 0 Å². The largest absolute Gasteiger partial charge is 0.321 e. The molecule has 23 heavy (non-hydrogen) atoms. The molecule has 1 heterocycles. The van der Waals surface area contributed by atoms with E-state index in [9.17, 15) is 4.79 Å². The van der Waals surface area contributed by atoms with Crippen molar-refractivity contribution < 1.29 is 9.28 Å². The van der Waals surface area contributed by atoms with Gasteiger partial charge in [0.05, 0.1) is 26.2 Å². The second-order valence-corrected chi connectivity index (χ2v) is 6.67. The molecule has 1 unspecified atom stereocenters. The van der Waals surface area contributed by atoms with E-state index in [1.165, 1.54) is 12.8 Å². The maximum atomic E-state index is 13.0. The highest BCUT2D eigenvalue weighted by atomic mass is 16.2. The third-order valence-corrected chi connectivity index (χ3v) is 5.33. The van der Waals surface area contributed by atoms with Gasteiger partial charge in [-0.15, -0.1) is 0 Å². The minimum atomic E-state index is 0.0156. The van der Waals surface area contributed by atoms with Crippen LogP contribution >= 0.6 is 0 Å². The number of anilines is 1. The summed E-state index contributed by atoms with van der Waals surface area (Å²) in [4.78, 5) is 16.5. The van der Waals surface area contributed by atoms with Crippen molar-refractivity contribution >= 4 is 17.3 Å². The number of likely N-dealkylation sites (N-methyl/N-ethyl adjacent to an activating group) is 1. The second-order valence-electron chi connectivity index (χ2n) is 6.67. The summed E-state index contributed by atoms with van der Waals surface area (Å²) in [6.45, 7) is 18.6. The molecule has 1 aliphatic rings. The standard InChI is InChI=1S/C19H27N3O/c1-6-17(22(7-2)10-8-9-11-22)19(23)21-18-14(3)12-16(20-5)13-15(18)4/h12-13,17H,6-11H2,1-4H3/p+1. The smallest absolute Gasteiger partial charge is 0.282 e. The van der Waals surface area contributed by atoms with Crippen LogP contribution in [0.15, 0.2) is 12.1 Å². The highest BCUT2D eigenvalue weighted by Crippen LogP contribution is 2.29. The molecule has 1 amide bonds. The molecule has 1 atom stereocenters. The molecule has 4 heteroatoms. The summed E-state index contributed by atoms with van der Waals surface area (Å²) in [6, 6.07) is 3.70. The number of hydrogen-bond acceptors (Lipinski definition) is 1. The lowest BCUT2D eigenvalue weighted by Gasteiger charge is -2.39. The quantitative estimate of drug-likeness (QED) is 0.641. The van der Waals surface area contributed by atoms with E-state index < -0.39 is 0 Å². The molecule has 0 bridgehead atoms. The Kier molecular flexibility index (Phi) is 5.43. The van der Waals surface area contributed by atoms with E-state index in [1.807, 2.05) is 26.0 Å². The Morgan fingerprint density at radius 1 is 1.26 bits per heavy atom. The highest BCUT2D eigenvalue weighted by molar-refractivity contribution is 5.95. The van der Waals surface area contributed by atoms with Gasteiger partial charge in [-0.05, 0) is 31.9 Å². The van der Waals surface area contributed by atoms with Gasteiger partial charge in [0.25, 0.3) is 5.91 Å². The molecule has 4 nitrogen and oxygen atoms in total. The van der Waals surface area contributed by atoms with E-state index in [-0.39, 0.29) is 11.9 Å². The Morgan fingerprint density at radius 3 is 2.26 bits per heavy atom. The number of nitrogens with one attached hydrogen (secondary N) is 1. The Balaban J connectivity index is 2.25. The van der Waals surface area contributed by atoms with Crippen LogP contribution in [0.4, 0.5) is 11.4 Å². The predicted octanol–water partition coefficient (Wildman–Crippen LogP) is 4.20. The van der Waals surface area contributed by atoms with Crippen molar-refractivity contribution in [1.82, 2.24) is 0 Å². The molecule has 0 aromatic heterocycles. The van der Waals surface area contributed by atoms with E-state index in [0.29, 0.717) is 5.69 Å². The monoisotopic (exact) mass is 314 g/mol. The van der Waals surface area contributed by atoms with Crippen LogP contribution in [0.25, 0.3) is 4.85 Å². The topological polar surface area (TPSA) is 33.5 Å². The van der Waals surface area contributed by atoms with Gasteiger partial charge < -0.3 is 9.80 Å². The second kappa shape index (κ2) is 7.14. The lowest BCUT2D eigenvalue weighted by Crippen LogP contribution is -2.57. The summed E-state index contributed by atoms with van der Waals surface area (Å²) in [5.74, 6) is 0.123. The van der Waals surface area contributed by atoms with Gasteiger partial charge in [-0.1, -0.05) is 19.1 Å². The molecule has 1 saturated heterocycles. The van der Waals surface area contributed by atoms with E-state index in [0.717, 1.165) is 47.4 Å². The van der Waals surface area contributed by atoms with Gasteiger partial charge in [-0.3, -0.25) is 4.79 Å². The fraction of sp³-hybridized carbons (Fsp3) is 0.579. The SMILES string of the molecule is [C-]#[N+]c1cc(C)c(NC(=O)C(CC)[N+]2(CC)CCCC2)c(C)c1. The lowest BCUT2D eigenvalue weighted by atomic mass is 10.1. The maximum Gasteiger partial charge on any atom is 0.282 e. The number of rotatable bonds is 5. The van der Waals surface area contributed by atoms with Crippen molar-refractivity contribution in [3.8, 4) is 0 Å². The molecular weight excluding hydrogens is 286 g/mol. The van der Waals surface area contributed by atoms with Crippen LogP contribution < -0.4 is 5.32 Å². The average Bonchev–Trinajstić information content (AvgIpc) is 3.01. The van der Waals surface area contributed by atoms with Gasteiger partial charge in [-0.2, -0.15) is 0 Å². The summed E-state index contributed by atoms with van der Waals surface area (Å²) in [5, 5.41) is 3.16. The van der Waals surface area contributed by atoms with Crippen molar-refractivity contribution in [3.05, 3.63) is 34.7 Å². The minimum absolute atomic E-state index is 0.0156. The van der Waals surface area contributed by atoms with Crippen LogP contribution in [-0.2, 0) is 4.79 Å². The molecule has 2 rings (SSSR count). The van der Waals surface area contributed by atoms with Crippen LogP contribution in [0.3, 0.4) is 0 Å². The van der Waals surface area contributed by atoms with E-state index in [1.54, 1.807) is 0 Å². The number of benzene rings is 1. The van der Waals surface area contributed by atoms with Gasteiger partial charge in [0.2, 0.25) is 0 Å². The summed E-state index contributed by atoms with van der Waals surface area (Å²) in [5.41, 5.74) is 3.42. The molecule has 1 N–H and O–H groups in total. The Labute approximate surface area is 139 Å². The minimum Gasteiger partial charge on any atom is -0.321 e. The number of carbonyl (C=O) groups is 1. The van der Waals surface area contributed by atoms with Crippen molar-refractivity contribution in [1.29, 1.82) is 0 Å². The van der Waals surface area contributed by atoms with Crippen LogP contribution in [0.5, 0.6) is 0 Å². The molecule has 1 aromatic carbocycles. The van der Waals surface area contributed by atoms with Gasteiger partial charge >= 0.3 is 0 Å². The van der Waals surface area contributed by atoms with Gasteiger partial charge in [0.15, 0.2) is 11.7 Å². The molecule has 1 aliphatic heterocycles. The molecular formula is C19H28N3O+. The third kappa shape index (κ3) is 3.40. The van der Waals surface area contributed by atoms with Crippen molar-refractivity contribution in [2.75, 3.05) is 25.0 Å². The van der Waals surface area contributed by atoms with Crippen LogP contribution in [0, 0.1) is 20.4 Å². The predicted molar refractivity (Wildman–Crippen MR) is 94.7 cm³/mol. The van der Waals surface area contributed by atoms with Gasteiger partial charge in [0, 0.05) is 24.9 Å². The summed E-state index contributed by atoms with van der Waals surface area (Å²) >= 11 is 0. The molecule has 124 valence electrons. The number of nitrogens with zero attached hydrogens (tertiary/aromatic N) is 2. The first-order chi connectivity index (χ1) is 11.0. The first-order valence-electron chi connectivity index (χ1n) is 8.62. The summed E-state index contributed by atoms with van der Waals surface area (Å²) in [6.07, 6.45) is 3.29. The van der Waals surface area contributed by atoms with Gasteiger partial charge in [0.1, 0.15) is 0 Å². The number of quaternary nitrogens is 1. The zero-order valence-electron chi connectivity index (χ0n) is 14.8. The Morgan fingerprint density at radius 2 is 1.83 bits per heavy atom. The van der Waals surface area contributed by atoms with Crippen molar-refractivity contribution in [3.63, 3.8) is 0 Å². The Bertz CT molecular complexity index is 601. The zero-order valence-corrected chi connectivity index (χ0v) is 14.8. The average molecular weight is 314 g/mol. The van der Waals surface area contributed by atoms with Crippen molar-refractivity contribution in [2.24, 2.45) is 0 Å². The first kappa shape index (κ1) is 17.5. The number of aryl methyl sites for hydroxylation is 2. The fourth-order valence-corrected chi connectivity index (χ4v) is 4.04. The van der Waals surface area contributed by atoms with Crippen molar-refractivity contribution in [2.45, 2.75) is 53.0 Å². The fourth-order valence-electron chi connectivity index (χ4n) is 4.04. The van der Waals surface area contributed by atoms with Gasteiger partial charge in [-0.25, -0.2) is 4.85 Å². The molecule has 1 aromatic rings. The third-order valence-electron chi connectivity index (χ3n) is 5.33. The number of hydrogen-bond donors (Lipinski definition) is 1. The van der Waals surface area contributed by atoms with E-state index in [2.05, 4.69) is 24.0 Å². The molecule has 1 fully saturated rings.